The Bertz CT molecular complexity index is 529. The number of anilines is 1. The van der Waals surface area contributed by atoms with Crippen LogP contribution in [0, 0.1) is 17.0 Å². The predicted molar refractivity (Wildman–Crippen MR) is 62.8 cm³/mol. The van der Waals surface area contributed by atoms with Crippen molar-refractivity contribution in [2.24, 2.45) is 0 Å². The molecule has 0 aliphatic rings. The third-order valence-electron chi connectivity index (χ3n) is 2.39. The number of quaternary nitrogens is 1. The highest BCUT2D eigenvalue weighted by atomic mass is 16.6. The van der Waals surface area contributed by atoms with E-state index in [2.05, 4.69) is 11.1 Å². The Kier molecular flexibility index (Phi) is 4.54. The number of aliphatic carboxylic acids is 1. The van der Waals surface area contributed by atoms with Crippen molar-refractivity contribution in [3.05, 3.63) is 33.9 Å². The predicted octanol–water partition coefficient (Wildman–Crippen LogP) is -1.41. The van der Waals surface area contributed by atoms with E-state index in [4.69, 9.17) is 0 Å². The smallest absolute Gasteiger partial charge is 0.293 e. The molecule has 0 fully saturated rings. The van der Waals surface area contributed by atoms with Crippen molar-refractivity contribution >= 4 is 23.3 Å². The van der Waals surface area contributed by atoms with Gasteiger partial charge in [-0.1, -0.05) is 6.07 Å². The second-order valence-electron chi connectivity index (χ2n) is 4.05. The van der Waals surface area contributed by atoms with Crippen LogP contribution in [0.1, 0.15) is 12.0 Å². The van der Waals surface area contributed by atoms with E-state index in [1.54, 1.807) is 13.0 Å². The van der Waals surface area contributed by atoms with Crippen molar-refractivity contribution in [3.63, 3.8) is 0 Å². The second-order valence-corrected chi connectivity index (χ2v) is 4.05. The molecule has 0 saturated heterocycles. The Hall–Kier alpha value is -2.48. The summed E-state index contributed by atoms with van der Waals surface area (Å²) in [5, 5.41) is 23.6. The first-order valence-corrected chi connectivity index (χ1v) is 5.40. The SMILES string of the molecule is Cc1ccc(NC(=O)C[C@@H]([NH3+])C(=O)[O-])c([N+](=O)[O-])c1. The van der Waals surface area contributed by atoms with Crippen LogP contribution >= 0.6 is 0 Å². The van der Waals surface area contributed by atoms with Crippen LogP contribution in [0.25, 0.3) is 0 Å². The van der Waals surface area contributed by atoms with Gasteiger partial charge in [0, 0.05) is 6.07 Å². The number of hydrogen-bond acceptors (Lipinski definition) is 5. The number of carboxylic acid groups (broad SMARTS) is 1. The van der Waals surface area contributed by atoms with Gasteiger partial charge in [0.05, 0.1) is 17.3 Å². The van der Waals surface area contributed by atoms with Gasteiger partial charge >= 0.3 is 0 Å². The lowest BCUT2D eigenvalue weighted by Gasteiger charge is -2.10. The molecule has 0 bridgehead atoms. The quantitative estimate of drug-likeness (QED) is 0.498. The summed E-state index contributed by atoms with van der Waals surface area (Å²) < 4.78 is 0. The number of benzene rings is 1. The van der Waals surface area contributed by atoms with Gasteiger partial charge in [-0.3, -0.25) is 14.9 Å². The molecule has 0 radical (unpaired) electrons. The van der Waals surface area contributed by atoms with Gasteiger partial charge in [0.1, 0.15) is 11.7 Å². The zero-order valence-electron chi connectivity index (χ0n) is 10.2. The molecule has 1 rings (SSSR count). The van der Waals surface area contributed by atoms with Gasteiger partial charge in [0.25, 0.3) is 5.69 Å². The molecule has 0 saturated carbocycles. The Morgan fingerprint density at radius 2 is 2.11 bits per heavy atom. The Morgan fingerprint density at radius 3 is 2.63 bits per heavy atom. The Labute approximate surface area is 108 Å². The lowest BCUT2D eigenvalue weighted by atomic mass is 10.1. The van der Waals surface area contributed by atoms with Gasteiger partial charge in [0.15, 0.2) is 0 Å². The van der Waals surface area contributed by atoms with E-state index < -0.39 is 29.3 Å². The summed E-state index contributed by atoms with van der Waals surface area (Å²) in [6, 6.07) is 3.10. The highest BCUT2D eigenvalue weighted by Crippen LogP contribution is 2.25. The van der Waals surface area contributed by atoms with Crippen LogP contribution < -0.4 is 16.2 Å². The molecule has 4 N–H and O–H groups in total. The molecule has 0 aromatic heterocycles. The molecular weight excluding hydrogens is 254 g/mol. The maximum Gasteiger partial charge on any atom is 0.293 e. The molecular formula is C11H13N3O5. The van der Waals surface area contributed by atoms with Crippen molar-refractivity contribution < 1.29 is 25.4 Å². The first-order chi connectivity index (χ1) is 8.81. The maximum absolute atomic E-state index is 11.5. The van der Waals surface area contributed by atoms with Gasteiger partial charge in [-0.2, -0.15) is 0 Å². The first-order valence-electron chi connectivity index (χ1n) is 5.40. The Balaban J connectivity index is 2.85. The molecule has 0 spiro atoms. The van der Waals surface area contributed by atoms with Gasteiger partial charge in [0.2, 0.25) is 5.91 Å². The molecule has 0 aliphatic heterocycles. The summed E-state index contributed by atoms with van der Waals surface area (Å²) >= 11 is 0. The van der Waals surface area contributed by atoms with Crippen LogP contribution in [-0.4, -0.2) is 22.8 Å². The van der Waals surface area contributed by atoms with Crippen molar-refractivity contribution in [1.29, 1.82) is 0 Å². The molecule has 1 aromatic carbocycles. The number of carboxylic acids is 1. The zero-order valence-corrected chi connectivity index (χ0v) is 10.2. The largest absolute Gasteiger partial charge is 0.544 e. The first kappa shape index (κ1) is 14.6. The Morgan fingerprint density at radius 1 is 1.47 bits per heavy atom. The number of rotatable bonds is 5. The summed E-state index contributed by atoms with van der Waals surface area (Å²) in [7, 11) is 0. The molecule has 1 aromatic rings. The molecule has 8 nitrogen and oxygen atoms in total. The molecule has 0 heterocycles. The number of hydrogen-bond donors (Lipinski definition) is 2. The summed E-state index contributed by atoms with van der Waals surface area (Å²) in [5.41, 5.74) is 3.68. The third-order valence-corrected chi connectivity index (χ3v) is 2.39. The number of carbonyl (C=O) groups excluding carboxylic acids is 2. The van der Waals surface area contributed by atoms with E-state index in [1.807, 2.05) is 0 Å². The number of nitro groups is 1. The van der Waals surface area contributed by atoms with E-state index in [0.29, 0.717) is 5.56 Å². The average Bonchev–Trinajstić information content (AvgIpc) is 2.30. The number of nitrogens with one attached hydrogen (secondary N) is 1. The van der Waals surface area contributed by atoms with Crippen molar-refractivity contribution in [2.45, 2.75) is 19.4 Å². The lowest BCUT2D eigenvalue weighted by Crippen LogP contribution is -2.69. The molecule has 1 amide bonds. The number of amides is 1. The zero-order chi connectivity index (χ0) is 14.6. The topological polar surface area (TPSA) is 140 Å². The molecule has 8 heteroatoms. The summed E-state index contributed by atoms with van der Waals surface area (Å²) in [6.07, 6.45) is -0.409. The van der Waals surface area contributed by atoms with Crippen LogP contribution in [0.15, 0.2) is 18.2 Å². The van der Waals surface area contributed by atoms with Crippen molar-refractivity contribution in [3.8, 4) is 0 Å². The monoisotopic (exact) mass is 267 g/mol. The van der Waals surface area contributed by atoms with Crippen molar-refractivity contribution in [2.75, 3.05) is 5.32 Å². The van der Waals surface area contributed by atoms with Crippen molar-refractivity contribution in [1.82, 2.24) is 0 Å². The minimum atomic E-state index is -1.45. The van der Waals surface area contributed by atoms with Gasteiger partial charge < -0.3 is 21.0 Å². The average molecular weight is 267 g/mol. The van der Waals surface area contributed by atoms with Crippen LogP contribution in [0.3, 0.4) is 0 Å². The summed E-state index contributed by atoms with van der Waals surface area (Å²) in [4.78, 5) is 32.2. The van der Waals surface area contributed by atoms with Crippen LogP contribution in [0.5, 0.6) is 0 Å². The van der Waals surface area contributed by atoms with E-state index in [9.17, 15) is 24.8 Å². The molecule has 1 atom stereocenters. The highest BCUT2D eigenvalue weighted by Gasteiger charge is 2.18. The second kappa shape index (κ2) is 5.91. The summed E-state index contributed by atoms with van der Waals surface area (Å²) in [5.74, 6) is -2.12. The lowest BCUT2D eigenvalue weighted by molar-refractivity contribution is -0.436. The van der Waals surface area contributed by atoms with Crippen LogP contribution in [0.4, 0.5) is 11.4 Å². The fourth-order valence-electron chi connectivity index (χ4n) is 1.41. The number of nitro benzene ring substituents is 1. The maximum atomic E-state index is 11.5. The fourth-order valence-corrected chi connectivity index (χ4v) is 1.41. The van der Waals surface area contributed by atoms with E-state index >= 15 is 0 Å². The molecule has 102 valence electrons. The minimum absolute atomic E-state index is 0.0196. The van der Waals surface area contributed by atoms with E-state index in [0.717, 1.165) is 0 Å². The van der Waals surface area contributed by atoms with Gasteiger partial charge in [-0.15, -0.1) is 0 Å². The van der Waals surface area contributed by atoms with Crippen LogP contribution in [0.2, 0.25) is 0 Å². The summed E-state index contributed by atoms with van der Waals surface area (Å²) in [6.45, 7) is 1.68. The molecule has 0 unspecified atom stereocenters. The molecule has 0 aliphatic carbocycles. The van der Waals surface area contributed by atoms with E-state index in [1.165, 1.54) is 12.1 Å². The standard InChI is InChI=1S/C11H13N3O5/c1-6-2-3-8(9(4-6)14(18)19)13-10(15)5-7(12)11(16)17/h2-4,7H,5,12H2,1H3,(H,13,15)(H,16,17)/t7-/m1/s1. The van der Waals surface area contributed by atoms with Gasteiger partial charge in [-0.25, -0.2) is 0 Å². The third kappa shape index (κ3) is 4.03. The van der Waals surface area contributed by atoms with Gasteiger partial charge in [-0.05, 0) is 18.6 Å². The fraction of sp³-hybridized carbons (Fsp3) is 0.273. The van der Waals surface area contributed by atoms with Crippen LogP contribution in [-0.2, 0) is 9.59 Å². The number of nitrogens with zero attached hydrogens (tertiary/aromatic N) is 1. The van der Waals surface area contributed by atoms with E-state index in [-0.39, 0.29) is 11.4 Å². The normalized spacial score (nSPS) is 11.7. The molecule has 19 heavy (non-hydrogen) atoms. The number of carbonyl (C=O) groups is 2. The minimum Gasteiger partial charge on any atom is -0.544 e. The number of aryl methyl sites for hydroxylation is 1. The highest BCUT2D eigenvalue weighted by molar-refractivity contribution is 5.95.